The number of hydrogen-bond acceptors (Lipinski definition) is 4. The average molecular weight is 398 g/mol. The molecule has 0 N–H and O–H groups in total. The lowest BCUT2D eigenvalue weighted by atomic mass is 10.0. The zero-order valence-corrected chi connectivity index (χ0v) is 16.9. The topological polar surface area (TPSA) is 67.7 Å². The number of halogens is 1. The summed E-state index contributed by atoms with van der Waals surface area (Å²) in [7, 11) is 0. The first-order valence-corrected chi connectivity index (χ1v) is 10.4. The molecule has 0 radical (unpaired) electrons. The predicted molar refractivity (Wildman–Crippen MR) is 105 cm³/mol. The van der Waals surface area contributed by atoms with Crippen LogP contribution in [0.15, 0.2) is 24.3 Å². The van der Waals surface area contributed by atoms with Crippen molar-refractivity contribution in [1.82, 2.24) is 14.7 Å². The highest BCUT2D eigenvalue weighted by atomic mass is 19.1. The monoisotopic (exact) mass is 398 g/mol. The number of benzene rings is 1. The van der Waals surface area contributed by atoms with Gasteiger partial charge in [0.1, 0.15) is 11.9 Å². The molecule has 3 aliphatic heterocycles. The van der Waals surface area contributed by atoms with E-state index in [9.17, 15) is 19.2 Å². The zero-order valence-electron chi connectivity index (χ0n) is 16.9. The molecule has 0 spiro atoms. The first-order chi connectivity index (χ1) is 13.9. The van der Waals surface area contributed by atoms with Gasteiger partial charge < -0.3 is 9.80 Å². The van der Waals surface area contributed by atoms with Gasteiger partial charge in [0.05, 0.1) is 18.2 Å². The van der Waals surface area contributed by atoms with Crippen molar-refractivity contribution in [1.29, 1.82) is 5.26 Å². The van der Waals surface area contributed by atoms with Crippen molar-refractivity contribution in [3.63, 3.8) is 0 Å². The predicted octanol–water partition coefficient (Wildman–Crippen LogP) is 2.32. The van der Waals surface area contributed by atoms with Crippen LogP contribution in [0.25, 0.3) is 0 Å². The van der Waals surface area contributed by atoms with Gasteiger partial charge in [-0.25, -0.2) is 4.39 Å². The van der Waals surface area contributed by atoms with E-state index >= 15 is 0 Å². The van der Waals surface area contributed by atoms with Crippen molar-refractivity contribution in [3.8, 4) is 6.07 Å². The van der Waals surface area contributed by atoms with Crippen molar-refractivity contribution >= 4 is 11.8 Å². The molecule has 154 valence electrons. The second-order valence-electron chi connectivity index (χ2n) is 8.55. The molecule has 1 aromatic carbocycles. The lowest BCUT2D eigenvalue weighted by Gasteiger charge is -2.38. The van der Waals surface area contributed by atoms with Gasteiger partial charge >= 0.3 is 0 Å². The highest BCUT2D eigenvalue weighted by Gasteiger charge is 2.51. The Bertz CT molecular complexity index is 836. The molecule has 1 aromatic rings. The average Bonchev–Trinajstić information content (AvgIpc) is 3.41. The number of nitrogens with zero attached hydrogens (tertiary/aromatic N) is 4. The summed E-state index contributed by atoms with van der Waals surface area (Å²) in [6.45, 7) is 5.82. The van der Waals surface area contributed by atoms with Crippen LogP contribution < -0.4 is 0 Å². The van der Waals surface area contributed by atoms with E-state index in [0.29, 0.717) is 13.1 Å². The summed E-state index contributed by atoms with van der Waals surface area (Å²) in [4.78, 5) is 31.6. The Hall–Kier alpha value is -2.46. The Labute approximate surface area is 170 Å². The second-order valence-corrected chi connectivity index (χ2v) is 8.55. The molecule has 4 rings (SSSR count). The molecule has 2 bridgehead atoms. The lowest BCUT2D eigenvalue weighted by Crippen LogP contribution is -2.53. The summed E-state index contributed by atoms with van der Waals surface area (Å²) in [5, 5.41) is 9.24. The van der Waals surface area contributed by atoms with Crippen molar-refractivity contribution in [2.24, 2.45) is 5.92 Å². The normalized spacial score (nSPS) is 28.6. The molecular weight excluding hydrogens is 371 g/mol. The number of rotatable bonds is 5. The molecule has 3 saturated heterocycles. The number of fused-ring (bicyclic) bond motifs is 2. The van der Waals surface area contributed by atoms with E-state index in [1.165, 1.54) is 12.1 Å². The minimum Gasteiger partial charge on any atom is -0.330 e. The molecule has 0 unspecified atom stereocenters. The molecule has 7 heteroatoms. The molecule has 2 amide bonds. The molecule has 6 nitrogen and oxygen atoms in total. The van der Waals surface area contributed by atoms with Crippen LogP contribution in [0.3, 0.4) is 0 Å². The SMILES string of the molecule is C[C@@H](CN1C[C@@H]2C[C@H]1C(=O)N2[C@@H](C)c1ccc(F)cc1)C(=O)N1CCC[C@H]1C#N. The number of amides is 2. The Morgan fingerprint density at radius 2 is 2.03 bits per heavy atom. The molecule has 0 saturated carbocycles. The quantitative estimate of drug-likeness (QED) is 0.763. The van der Waals surface area contributed by atoms with Gasteiger partial charge in [0.15, 0.2) is 0 Å². The van der Waals surface area contributed by atoms with Crippen LogP contribution in [-0.4, -0.2) is 64.3 Å². The Morgan fingerprint density at radius 3 is 2.69 bits per heavy atom. The summed E-state index contributed by atoms with van der Waals surface area (Å²) in [5.41, 5.74) is 0.930. The zero-order chi connectivity index (χ0) is 20.7. The molecule has 0 aliphatic carbocycles. The molecule has 29 heavy (non-hydrogen) atoms. The van der Waals surface area contributed by atoms with Crippen LogP contribution in [0, 0.1) is 23.1 Å². The molecule has 3 fully saturated rings. The van der Waals surface area contributed by atoms with Crippen LogP contribution >= 0.6 is 0 Å². The molecule has 3 heterocycles. The van der Waals surface area contributed by atoms with Gasteiger partial charge in [-0.3, -0.25) is 14.5 Å². The van der Waals surface area contributed by atoms with Gasteiger partial charge in [0.25, 0.3) is 0 Å². The highest BCUT2D eigenvalue weighted by molar-refractivity contribution is 5.86. The summed E-state index contributed by atoms with van der Waals surface area (Å²) in [6, 6.07) is 8.07. The van der Waals surface area contributed by atoms with E-state index in [1.807, 2.05) is 18.7 Å². The lowest BCUT2D eigenvalue weighted by molar-refractivity contribution is -0.142. The van der Waals surface area contributed by atoms with Crippen molar-refractivity contribution < 1.29 is 14.0 Å². The maximum atomic E-state index is 13.2. The summed E-state index contributed by atoms with van der Waals surface area (Å²) >= 11 is 0. The van der Waals surface area contributed by atoms with Gasteiger partial charge in [0.2, 0.25) is 11.8 Å². The summed E-state index contributed by atoms with van der Waals surface area (Å²) in [5.74, 6) is -0.412. The van der Waals surface area contributed by atoms with E-state index in [1.54, 1.807) is 17.0 Å². The number of nitriles is 1. The van der Waals surface area contributed by atoms with Gasteiger partial charge in [-0.1, -0.05) is 19.1 Å². The Morgan fingerprint density at radius 1 is 1.31 bits per heavy atom. The van der Waals surface area contributed by atoms with E-state index in [2.05, 4.69) is 11.0 Å². The summed E-state index contributed by atoms with van der Waals surface area (Å²) in [6.07, 6.45) is 2.40. The standard InChI is InChI=1S/C22H27FN4O2/c1-14(21(28)26-9-3-4-18(26)11-24)12-25-13-19-10-20(25)22(29)27(19)15(2)16-5-7-17(23)8-6-16/h5-8,14-15,18-20H,3-4,9-10,12-13H2,1-2H3/t14-,15-,18-,19-,20-/m0/s1. The highest BCUT2D eigenvalue weighted by Crippen LogP contribution is 2.38. The van der Waals surface area contributed by atoms with Crippen molar-refractivity contribution in [2.45, 2.75) is 57.3 Å². The number of piperazine rings is 1. The van der Waals surface area contributed by atoms with Crippen LogP contribution in [-0.2, 0) is 9.59 Å². The minimum atomic E-state index is -0.311. The van der Waals surface area contributed by atoms with Crippen LogP contribution in [0.2, 0.25) is 0 Å². The fraction of sp³-hybridized carbons (Fsp3) is 0.591. The van der Waals surface area contributed by atoms with E-state index in [-0.39, 0.29) is 47.7 Å². The van der Waals surface area contributed by atoms with Crippen molar-refractivity contribution in [3.05, 3.63) is 35.6 Å². The number of hydrogen-bond donors (Lipinski definition) is 0. The number of carbonyl (C=O) groups is 2. The Kier molecular flexibility index (Phi) is 5.30. The molecule has 3 aliphatic rings. The van der Waals surface area contributed by atoms with Gasteiger partial charge in [0, 0.05) is 31.6 Å². The molecular formula is C22H27FN4O2. The number of carbonyl (C=O) groups excluding carboxylic acids is 2. The maximum Gasteiger partial charge on any atom is 0.240 e. The first kappa shape index (κ1) is 19.8. The van der Waals surface area contributed by atoms with Crippen molar-refractivity contribution in [2.75, 3.05) is 19.6 Å². The summed E-state index contributed by atoms with van der Waals surface area (Å²) < 4.78 is 13.2. The number of likely N-dealkylation sites (tertiary alicyclic amines) is 3. The second kappa shape index (κ2) is 7.75. The smallest absolute Gasteiger partial charge is 0.240 e. The first-order valence-electron chi connectivity index (χ1n) is 10.4. The Balaban J connectivity index is 1.39. The van der Waals surface area contributed by atoms with Crippen LogP contribution in [0.5, 0.6) is 0 Å². The third kappa shape index (κ3) is 3.51. The maximum absolute atomic E-state index is 13.2. The fourth-order valence-electron chi connectivity index (χ4n) is 5.18. The fourth-order valence-corrected chi connectivity index (χ4v) is 5.18. The molecule has 5 atom stereocenters. The third-order valence-corrected chi connectivity index (χ3v) is 6.70. The van der Waals surface area contributed by atoms with Crippen LogP contribution in [0.1, 0.15) is 44.7 Å². The van der Waals surface area contributed by atoms with Gasteiger partial charge in [-0.15, -0.1) is 0 Å². The largest absolute Gasteiger partial charge is 0.330 e. The van der Waals surface area contributed by atoms with Gasteiger partial charge in [-0.05, 0) is 43.9 Å². The van der Waals surface area contributed by atoms with Crippen LogP contribution in [0.4, 0.5) is 4.39 Å². The van der Waals surface area contributed by atoms with E-state index < -0.39 is 0 Å². The van der Waals surface area contributed by atoms with Gasteiger partial charge in [-0.2, -0.15) is 5.26 Å². The van der Waals surface area contributed by atoms with E-state index in [4.69, 9.17) is 0 Å². The van der Waals surface area contributed by atoms with E-state index in [0.717, 1.165) is 31.4 Å². The third-order valence-electron chi connectivity index (χ3n) is 6.70. The molecule has 0 aromatic heterocycles. The minimum absolute atomic E-state index is 0.0146.